The first-order chi connectivity index (χ1) is 15.7. The lowest BCUT2D eigenvalue weighted by Gasteiger charge is -2.29. The summed E-state index contributed by atoms with van der Waals surface area (Å²) in [5, 5.41) is 0.244. The molecular formula is C26H21F5O2. The van der Waals surface area contributed by atoms with Crippen LogP contribution in [-0.4, -0.2) is 26.5 Å². The fourth-order valence-corrected chi connectivity index (χ4v) is 4.08. The van der Waals surface area contributed by atoms with E-state index in [1.807, 2.05) is 24.3 Å². The molecule has 0 saturated carbocycles. The standard InChI is InChI=1S/C26H21F5O2/c1-32-14-16-2-9-24(33-15-16)18-5-3-17(4-6-18)19-7-8-21-20(12-19)13-23(27)22(25(21)28)10-11-26(29,30)31/h3-8,12-13,16,24H,2,9,14-15H2,1H3. The first-order valence-corrected chi connectivity index (χ1v) is 10.5. The molecular weight excluding hydrogens is 439 g/mol. The summed E-state index contributed by atoms with van der Waals surface area (Å²) in [6.07, 6.45) is -2.89. The fourth-order valence-electron chi connectivity index (χ4n) is 4.08. The molecule has 2 unspecified atom stereocenters. The molecule has 0 bridgehead atoms. The van der Waals surface area contributed by atoms with Gasteiger partial charge in [-0.2, -0.15) is 13.2 Å². The van der Waals surface area contributed by atoms with Gasteiger partial charge in [0.25, 0.3) is 0 Å². The number of halogens is 5. The molecule has 0 aromatic heterocycles. The molecule has 0 spiro atoms. The average Bonchev–Trinajstić information content (AvgIpc) is 2.79. The molecule has 1 saturated heterocycles. The van der Waals surface area contributed by atoms with Gasteiger partial charge in [-0.25, -0.2) is 8.78 Å². The zero-order valence-corrected chi connectivity index (χ0v) is 17.8. The summed E-state index contributed by atoms with van der Waals surface area (Å²) in [5.74, 6) is 0.645. The Hall–Kier alpha value is -2.95. The molecule has 1 heterocycles. The Labute approximate surface area is 188 Å². The Morgan fingerprint density at radius 2 is 1.73 bits per heavy atom. The van der Waals surface area contributed by atoms with Gasteiger partial charge in [0.1, 0.15) is 11.6 Å². The van der Waals surface area contributed by atoms with E-state index < -0.39 is 23.4 Å². The first kappa shape index (κ1) is 23.2. The fraction of sp³-hybridized carbons (Fsp3) is 0.308. The molecule has 172 valence electrons. The summed E-state index contributed by atoms with van der Waals surface area (Å²) in [7, 11) is 1.68. The first-order valence-electron chi connectivity index (χ1n) is 10.5. The van der Waals surface area contributed by atoms with E-state index in [-0.39, 0.29) is 16.9 Å². The van der Waals surface area contributed by atoms with Crippen molar-refractivity contribution >= 4 is 10.8 Å². The molecule has 1 aliphatic heterocycles. The number of ether oxygens (including phenoxy) is 2. The van der Waals surface area contributed by atoms with Gasteiger partial charge in [-0.05, 0) is 47.1 Å². The molecule has 2 nitrogen and oxygen atoms in total. The molecule has 0 N–H and O–H groups in total. The van der Waals surface area contributed by atoms with Gasteiger partial charge in [-0.3, -0.25) is 0 Å². The van der Waals surface area contributed by atoms with Crippen molar-refractivity contribution in [1.29, 1.82) is 0 Å². The van der Waals surface area contributed by atoms with Crippen molar-refractivity contribution in [3.63, 3.8) is 0 Å². The molecule has 0 aliphatic carbocycles. The summed E-state index contributed by atoms with van der Waals surface area (Å²) in [5.41, 5.74) is 1.74. The minimum absolute atomic E-state index is 0.00413. The third kappa shape index (κ3) is 5.35. The van der Waals surface area contributed by atoms with Crippen LogP contribution in [0.5, 0.6) is 0 Å². The van der Waals surface area contributed by atoms with Crippen LogP contribution in [0.25, 0.3) is 21.9 Å². The van der Waals surface area contributed by atoms with E-state index in [0.29, 0.717) is 19.1 Å². The van der Waals surface area contributed by atoms with Crippen LogP contribution in [0.1, 0.15) is 30.1 Å². The van der Waals surface area contributed by atoms with Gasteiger partial charge in [0, 0.05) is 24.3 Å². The van der Waals surface area contributed by atoms with Crippen LogP contribution in [0.4, 0.5) is 22.0 Å². The number of benzene rings is 3. The smallest absolute Gasteiger partial charge is 0.384 e. The Kier molecular flexibility index (Phi) is 6.68. The molecule has 1 fully saturated rings. The van der Waals surface area contributed by atoms with E-state index in [1.54, 1.807) is 25.2 Å². The molecule has 3 aromatic carbocycles. The summed E-state index contributed by atoms with van der Waals surface area (Å²) < 4.78 is 77.1. The van der Waals surface area contributed by atoms with E-state index >= 15 is 0 Å². The van der Waals surface area contributed by atoms with Gasteiger partial charge in [0.2, 0.25) is 0 Å². The topological polar surface area (TPSA) is 18.5 Å². The van der Waals surface area contributed by atoms with Gasteiger partial charge in [0.05, 0.1) is 24.9 Å². The second-order valence-corrected chi connectivity index (χ2v) is 8.07. The van der Waals surface area contributed by atoms with Gasteiger partial charge < -0.3 is 9.47 Å². The number of fused-ring (bicyclic) bond motifs is 1. The number of hydrogen-bond donors (Lipinski definition) is 0. The maximum absolute atomic E-state index is 14.6. The van der Waals surface area contributed by atoms with Crippen molar-refractivity contribution in [2.24, 2.45) is 5.92 Å². The summed E-state index contributed by atoms with van der Waals surface area (Å²) in [6, 6.07) is 13.4. The highest BCUT2D eigenvalue weighted by Gasteiger charge is 2.24. The zero-order valence-electron chi connectivity index (χ0n) is 17.8. The van der Waals surface area contributed by atoms with Gasteiger partial charge in [0.15, 0.2) is 0 Å². The minimum Gasteiger partial charge on any atom is -0.384 e. The van der Waals surface area contributed by atoms with Crippen molar-refractivity contribution in [3.8, 4) is 23.0 Å². The minimum atomic E-state index is -4.84. The highest BCUT2D eigenvalue weighted by Crippen LogP contribution is 2.33. The van der Waals surface area contributed by atoms with Crippen molar-refractivity contribution < 1.29 is 31.4 Å². The Bertz CT molecular complexity index is 1200. The van der Waals surface area contributed by atoms with E-state index in [1.165, 1.54) is 6.07 Å². The lowest BCUT2D eigenvalue weighted by Crippen LogP contribution is -2.23. The quantitative estimate of drug-likeness (QED) is 0.315. The highest BCUT2D eigenvalue weighted by atomic mass is 19.4. The third-order valence-corrected chi connectivity index (χ3v) is 5.75. The number of methoxy groups -OCH3 is 1. The zero-order chi connectivity index (χ0) is 23.6. The number of alkyl halides is 3. The lowest BCUT2D eigenvalue weighted by atomic mass is 9.93. The second kappa shape index (κ2) is 9.50. The van der Waals surface area contributed by atoms with Crippen molar-refractivity contribution in [3.05, 3.63) is 71.3 Å². The maximum Gasteiger partial charge on any atom is 0.458 e. The van der Waals surface area contributed by atoms with Crippen molar-refractivity contribution in [2.75, 3.05) is 20.3 Å². The number of hydrogen-bond acceptors (Lipinski definition) is 2. The van der Waals surface area contributed by atoms with E-state index in [4.69, 9.17) is 9.47 Å². The number of rotatable bonds is 4. The van der Waals surface area contributed by atoms with Crippen molar-refractivity contribution in [2.45, 2.75) is 25.1 Å². The SMILES string of the molecule is COCC1CCC(c2ccc(-c3ccc4c(F)c(C#CC(F)(F)F)c(F)cc4c3)cc2)OC1. The predicted octanol–water partition coefficient (Wildman–Crippen LogP) is 6.81. The third-order valence-electron chi connectivity index (χ3n) is 5.75. The summed E-state index contributed by atoms with van der Waals surface area (Å²) in [6.45, 7) is 1.34. The van der Waals surface area contributed by atoms with Crippen LogP contribution in [0.2, 0.25) is 0 Å². The molecule has 7 heteroatoms. The largest absolute Gasteiger partial charge is 0.458 e. The highest BCUT2D eigenvalue weighted by molar-refractivity contribution is 5.89. The Balaban J connectivity index is 1.57. The summed E-state index contributed by atoms with van der Waals surface area (Å²) in [4.78, 5) is 0. The van der Waals surface area contributed by atoms with Crippen LogP contribution >= 0.6 is 0 Å². The van der Waals surface area contributed by atoms with Crippen molar-refractivity contribution in [1.82, 2.24) is 0 Å². The summed E-state index contributed by atoms with van der Waals surface area (Å²) >= 11 is 0. The van der Waals surface area contributed by atoms with Gasteiger partial charge >= 0.3 is 6.18 Å². The molecule has 3 aromatic rings. The lowest BCUT2D eigenvalue weighted by molar-refractivity contribution is -0.0696. The average molecular weight is 460 g/mol. The molecule has 1 aliphatic rings. The van der Waals surface area contributed by atoms with Gasteiger partial charge in [-0.1, -0.05) is 42.3 Å². The van der Waals surface area contributed by atoms with Crippen LogP contribution < -0.4 is 0 Å². The van der Waals surface area contributed by atoms with Crippen LogP contribution in [0.3, 0.4) is 0 Å². The molecule has 0 radical (unpaired) electrons. The molecule has 4 rings (SSSR count). The predicted molar refractivity (Wildman–Crippen MR) is 116 cm³/mol. The van der Waals surface area contributed by atoms with Crippen LogP contribution in [0.15, 0.2) is 48.5 Å². The van der Waals surface area contributed by atoms with Crippen LogP contribution in [-0.2, 0) is 9.47 Å². The normalized spacial score (nSPS) is 18.7. The van der Waals surface area contributed by atoms with E-state index in [0.717, 1.165) is 41.5 Å². The molecule has 2 atom stereocenters. The van der Waals surface area contributed by atoms with Crippen LogP contribution in [0, 0.1) is 29.4 Å². The second-order valence-electron chi connectivity index (χ2n) is 8.07. The van der Waals surface area contributed by atoms with E-state index in [2.05, 4.69) is 0 Å². The monoisotopic (exact) mass is 460 g/mol. The van der Waals surface area contributed by atoms with E-state index in [9.17, 15) is 22.0 Å². The maximum atomic E-state index is 14.6. The Morgan fingerprint density at radius 1 is 1.00 bits per heavy atom. The van der Waals surface area contributed by atoms with Gasteiger partial charge in [-0.15, -0.1) is 0 Å². The molecule has 33 heavy (non-hydrogen) atoms. The Morgan fingerprint density at radius 3 is 2.36 bits per heavy atom. The molecule has 0 amide bonds.